The van der Waals surface area contributed by atoms with Gasteiger partial charge in [-0.25, -0.2) is 0 Å². The van der Waals surface area contributed by atoms with E-state index in [1.807, 2.05) is 0 Å². The van der Waals surface area contributed by atoms with Crippen molar-refractivity contribution in [1.82, 2.24) is 0 Å². The molecule has 6 nitrogen and oxygen atoms in total. The van der Waals surface area contributed by atoms with E-state index in [2.05, 4.69) is 59.6 Å². The second-order valence-corrected chi connectivity index (χ2v) is 5.41. The van der Waals surface area contributed by atoms with Crippen LogP contribution < -0.4 is 11.8 Å². The maximum absolute atomic E-state index is 10.6. The van der Waals surface area contributed by atoms with Crippen LogP contribution >= 0.6 is 0 Å². The van der Waals surface area contributed by atoms with Gasteiger partial charge in [-0.05, 0) is 26.7 Å². The molecule has 130 valence electrons. The minimum atomic E-state index is -0.387. The van der Waals surface area contributed by atoms with Crippen LogP contribution in [0.4, 0.5) is 0 Å². The highest BCUT2D eigenvalue weighted by atomic mass is 16.7. The van der Waals surface area contributed by atoms with Crippen LogP contribution in [-0.2, 0) is 19.3 Å². The van der Waals surface area contributed by atoms with Gasteiger partial charge in [-0.2, -0.15) is 11.8 Å². The molecule has 1 aromatic rings. The molecule has 23 heavy (non-hydrogen) atoms. The fraction of sp³-hybridized carbons (Fsp3) is 0.529. The number of rotatable bonds is 8. The Hall–Kier alpha value is -1.92. The van der Waals surface area contributed by atoms with E-state index in [1.54, 1.807) is 0 Å². The van der Waals surface area contributed by atoms with E-state index in [9.17, 15) is 9.59 Å². The summed E-state index contributed by atoms with van der Waals surface area (Å²) >= 11 is 0. The van der Waals surface area contributed by atoms with Crippen LogP contribution in [0.5, 0.6) is 0 Å². The van der Waals surface area contributed by atoms with Crippen molar-refractivity contribution in [1.29, 1.82) is 0 Å². The number of carbonyl (C=O) groups is 2. The van der Waals surface area contributed by atoms with Gasteiger partial charge in [-0.3, -0.25) is 9.59 Å². The summed E-state index contributed by atoms with van der Waals surface area (Å²) in [4.78, 5) is 29.2. The quantitative estimate of drug-likeness (QED) is 0.563. The molecule has 0 atom stereocenters. The molecule has 0 radical (unpaired) electrons. The van der Waals surface area contributed by atoms with Crippen molar-refractivity contribution < 1.29 is 19.3 Å². The lowest BCUT2D eigenvalue weighted by atomic mass is 10.1. The first-order valence-electron chi connectivity index (χ1n) is 7.82. The number of benzene rings is 1. The standard InChI is InChI=1S/C9H18N2O4.C8H10/c10-14-8(12)6-4-2-1-3-5-7-9(13)15-11;1-7-4-3-5-8(2)6-7/h1-7,10-11H2;3-6H,1-2H3. The van der Waals surface area contributed by atoms with Crippen molar-refractivity contribution in [3.63, 3.8) is 0 Å². The molecule has 1 rings (SSSR count). The lowest BCUT2D eigenvalue weighted by Crippen LogP contribution is -2.09. The summed E-state index contributed by atoms with van der Waals surface area (Å²) in [6, 6.07) is 8.45. The van der Waals surface area contributed by atoms with Crippen LogP contribution in [0.2, 0.25) is 0 Å². The van der Waals surface area contributed by atoms with E-state index in [1.165, 1.54) is 11.1 Å². The summed E-state index contributed by atoms with van der Waals surface area (Å²) in [5.41, 5.74) is 2.68. The molecule has 0 unspecified atom stereocenters. The predicted octanol–water partition coefficient (Wildman–Crippen LogP) is 2.85. The van der Waals surface area contributed by atoms with Crippen LogP contribution in [0, 0.1) is 13.8 Å². The second kappa shape index (κ2) is 13.7. The first-order valence-corrected chi connectivity index (χ1v) is 7.82. The molecule has 1 aromatic carbocycles. The normalized spacial score (nSPS) is 9.57. The molecule has 6 heteroatoms. The third-order valence-corrected chi connectivity index (χ3v) is 3.20. The van der Waals surface area contributed by atoms with E-state index in [0.717, 1.165) is 32.1 Å². The molecule has 0 saturated heterocycles. The smallest absolute Gasteiger partial charge is 0.324 e. The maximum Gasteiger partial charge on any atom is 0.324 e. The van der Waals surface area contributed by atoms with Gasteiger partial charge >= 0.3 is 11.9 Å². The van der Waals surface area contributed by atoms with Gasteiger partial charge in [-0.1, -0.05) is 54.7 Å². The Balaban J connectivity index is 0.000000502. The molecular weight excluding hydrogens is 296 g/mol. The fourth-order valence-electron chi connectivity index (χ4n) is 1.99. The zero-order valence-electron chi connectivity index (χ0n) is 14.0. The number of carbonyl (C=O) groups excluding carboxylic acids is 2. The van der Waals surface area contributed by atoms with Gasteiger partial charge < -0.3 is 9.68 Å². The lowest BCUT2D eigenvalue weighted by molar-refractivity contribution is -0.145. The van der Waals surface area contributed by atoms with Crippen LogP contribution in [0.25, 0.3) is 0 Å². The van der Waals surface area contributed by atoms with E-state index in [4.69, 9.17) is 0 Å². The lowest BCUT2D eigenvalue weighted by Gasteiger charge is -2.00. The van der Waals surface area contributed by atoms with E-state index < -0.39 is 0 Å². The van der Waals surface area contributed by atoms with E-state index >= 15 is 0 Å². The molecule has 0 spiro atoms. The van der Waals surface area contributed by atoms with Crippen molar-refractivity contribution in [2.45, 2.75) is 58.8 Å². The predicted molar refractivity (Wildman–Crippen MR) is 88.8 cm³/mol. The van der Waals surface area contributed by atoms with Crippen LogP contribution in [0.15, 0.2) is 24.3 Å². The Morgan fingerprint density at radius 1 is 0.826 bits per heavy atom. The molecule has 4 N–H and O–H groups in total. The zero-order chi connectivity index (χ0) is 17.5. The number of aryl methyl sites for hydroxylation is 2. The van der Waals surface area contributed by atoms with E-state index in [-0.39, 0.29) is 11.9 Å². The van der Waals surface area contributed by atoms with Crippen molar-refractivity contribution in [3.8, 4) is 0 Å². The molecule has 0 aromatic heterocycles. The van der Waals surface area contributed by atoms with Crippen molar-refractivity contribution in [3.05, 3.63) is 35.4 Å². The summed E-state index contributed by atoms with van der Waals surface area (Å²) < 4.78 is 0. The van der Waals surface area contributed by atoms with Crippen LogP contribution in [0.3, 0.4) is 0 Å². The third kappa shape index (κ3) is 13.5. The Morgan fingerprint density at radius 2 is 1.22 bits per heavy atom. The maximum atomic E-state index is 10.6. The van der Waals surface area contributed by atoms with Crippen molar-refractivity contribution in [2.75, 3.05) is 0 Å². The highest BCUT2D eigenvalue weighted by Crippen LogP contribution is 2.07. The van der Waals surface area contributed by atoms with Crippen molar-refractivity contribution in [2.24, 2.45) is 11.8 Å². The summed E-state index contributed by atoms with van der Waals surface area (Å²) in [5, 5.41) is 0. The topological polar surface area (TPSA) is 105 Å². The molecule has 0 saturated carbocycles. The largest absolute Gasteiger partial charge is 0.373 e. The van der Waals surface area contributed by atoms with E-state index in [0.29, 0.717) is 12.8 Å². The van der Waals surface area contributed by atoms with Crippen LogP contribution in [-0.4, -0.2) is 11.9 Å². The summed E-state index contributed by atoms with van der Waals surface area (Å²) in [5.74, 6) is 8.57. The van der Waals surface area contributed by atoms with Gasteiger partial charge in [0.2, 0.25) is 0 Å². The molecule has 0 aliphatic carbocycles. The number of hydrogen-bond acceptors (Lipinski definition) is 6. The molecule has 0 amide bonds. The average Bonchev–Trinajstić information content (AvgIpc) is 2.53. The Labute approximate surface area is 138 Å². The Kier molecular flexibility index (Phi) is 12.6. The number of hydrogen-bond donors (Lipinski definition) is 2. The minimum absolute atomic E-state index is 0.349. The SMILES string of the molecule is Cc1cccc(C)c1.NOC(=O)CCCCCCCC(=O)ON. The zero-order valence-corrected chi connectivity index (χ0v) is 14.0. The summed E-state index contributed by atoms with van der Waals surface area (Å²) in [6.07, 6.45) is 5.03. The summed E-state index contributed by atoms with van der Waals surface area (Å²) in [6.45, 7) is 4.21. The molecular formula is C17H28N2O4. The number of unbranched alkanes of at least 4 members (excludes halogenated alkanes) is 4. The molecule has 0 fully saturated rings. The first kappa shape index (κ1) is 21.1. The highest BCUT2D eigenvalue weighted by molar-refractivity contribution is 5.69. The molecule has 0 heterocycles. The minimum Gasteiger partial charge on any atom is -0.373 e. The molecule has 0 aliphatic rings. The van der Waals surface area contributed by atoms with Gasteiger partial charge in [0.1, 0.15) is 0 Å². The van der Waals surface area contributed by atoms with Gasteiger partial charge in [0.15, 0.2) is 0 Å². The highest BCUT2D eigenvalue weighted by Gasteiger charge is 2.01. The van der Waals surface area contributed by atoms with Gasteiger partial charge in [-0.15, -0.1) is 0 Å². The molecule has 0 bridgehead atoms. The first-order chi connectivity index (χ1) is 11.0. The number of nitrogens with two attached hydrogens (primary N) is 2. The second-order valence-electron chi connectivity index (χ2n) is 5.41. The van der Waals surface area contributed by atoms with Crippen molar-refractivity contribution >= 4 is 11.9 Å². The van der Waals surface area contributed by atoms with Crippen LogP contribution in [0.1, 0.15) is 56.1 Å². The average molecular weight is 324 g/mol. The Morgan fingerprint density at radius 3 is 1.52 bits per heavy atom. The monoisotopic (exact) mass is 324 g/mol. The van der Waals surface area contributed by atoms with Gasteiger partial charge in [0, 0.05) is 12.8 Å². The van der Waals surface area contributed by atoms with Gasteiger partial charge in [0.25, 0.3) is 0 Å². The third-order valence-electron chi connectivity index (χ3n) is 3.20. The van der Waals surface area contributed by atoms with Gasteiger partial charge in [0.05, 0.1) is 0 Å². The Bertz CT molecular complexity index is 426. The summed E-state index contributed by atoms with van der Waals surface area (Å²) in [7, 11) is 0. The molecule has 0 aliphatic heterocycles. The fourth-order valence-corrected chi connectivity index (χ4v) is 1.99.